The minimum Gasteiger partial charge on any atom is -0.481 e. The number of quaternary nitrogens is 1. The summed E-state index contributed by atoms with van der Waals surface area (Å²) < 4.78 is 0.315. The molecule has 0 bridgehead atoms. The zero-order valence-electron chi connectivity index (χ0n) is 10.9. The highest BCUT2D eigenvalue weighted by atomic mass is 16.4. The van der Waals surface area contributed by atoms with E-state index >= 15 is 0 Å². The number of carboxylic acids is 1. The Bertz CT molecular complexity index is 317. The molecule has 0 saturated heterocycles. The first-order valence-corrected chi connectivity index (χ1v) is 5.56. The maximum absolute atomic E-state index is 11.8. The molecule has 2 N–H and O–H groups in total. The summed E-state index contributed by atoms with van der Waals surface area (Å²) in [5.41, 5.74) is -1.84. The van der Waals surface area contributed by atoms with Crippen LogP contribution in [0.15, 0.2) is 12.2 Å². The fourth-order valence-corrected chi connectivity index (χ4v) is 1.64. The molecular formula is C12H22NO4+. The highest BCUT2D eigenvalue weighted by Gasteiger charge is 2.41. The van der Waals surface area contributed by atoms with Gasteiger partial charge in [-0.3, -0.25) is 9.59 Å². The number of carbonyl (C=O) groups excluding carboxylic acids is 1. The van der Waals surface area contributed by atoms with Gasteiger partial charge in [-0.15, -0.1) is 0 Å². The normalized spacial score (nSPS) is 15.8. The summed E-state index contributed by atoms with van der Waals surface area (Å²) in [6.45, 7) is 1.92. The van der Waals surface area contributed by atoms with Crippen molar-refractivity contribution < 1.29 is 24.3 Å². The van der Waals surface area contributed by atoms with Gasteiger partial charge < -0.3 is 14.7 Å². The van der Waals surface area contributed by atoms with Crippen LogP contribution in [0.2, 0.25) is 0 Å². The molecule has 0 aromatic heterocycles. The molecule has 0 saturated carbocycles. The molecule has 0 spiro atoms. The summed E-state index contributed by atoms with van der Waals surface area (Å²) in [7, 11) is 5.39. The van der Waals surface area contributed by atoms with Crippen LogP contribution in [-0.2, 0) is 9.59 Å². The molecular weight excluding hydrogens is 222 g/mol. The number of rotatable bonds is 7. The molecule has 0 aromatic rings. The van der Waals surface area contributed by atoms with E-state index in [9.17, 15) is 14.7 Å². The first-order chi connectivity index (χ1) is 7.60. The maximum atomic E-state index is 11.8. The van der Waals surface area contributed by atoms with E-state index < -0.39 is 23.8 Å². The molecule has 17 heavy (non-hydrogen) atoms. The van der Waals surface area contributed by atoms with E-state index in [0.29, 0.717) is 10.9 Å². The van der Waals surface area contributed by atoms with Crippen molar-refractivity contribution in [1.82, 2.24) is 0 Å². The third-order valence-electron chi connectivity index (χ3n) is 2.14. The lowest BCUT2D eigenvalue weighted by molar-refractivity contribution is -0.875. The Kier molecular flexibility index (Phi) is 5.51. The number of aliphatic hydroxyl groups is 1. The molecule has 0 heterocycles. The van der Waals surface area contributed by atoms with E-state index in [1.807, 2.05) is 6.92 Å². The Labute approximate surface area is 102 Å². The van der Waals surface area contributed by atoms with Crippen LogP contribution < -0.4 is 0 Å². The highest BCUT2D eigenvalue weighted by molar-refractivity contribution is 5.99. The second-order valence-electron chi connectivity index (χ2n) is 5.23. The SMILES string of the molecule is CCC=CC(=O)[C@@](O)(CC(=O)O)C[N+](C)(C)C. The van der Waals surface area contributed by atoms with Crippen LogP contribution in [0.3, 0.4) is 0 Å². The van der Waals surface area contributed by atoms with Crippen molar-refractivity contribution in [2.45, 2.75) is 25.4 Å². The van der Waals surface area contributed by atoms with Crippen LogP contribution in [0, 0.1) is 0 Å². The lowest BCUT2D eigenvalue weighted by Gasteiger charge is -2.33. The van der Waals surface area contributed by atoms with Crippen molar-refractivity contribution in [3.8, 4) is 0 Å². The molecule has 0 unspecified atom stereocenters. The highest BCUT2D eigenvalue weighted by Crippen LogP contribution is 2.17. The number of aliphatic carboxylic acids is 1. The molecule has 0 fully saturated rings. The molecule has 0 amide bonds. The Morgan fingerprint density at radius 2 is 1.82 bits per heavy atom. The largest absolute Gasteiger partial charge is 0.481 e. The Hall–Kier alpha value is -1.20. The molecule has 0 aliphatic carbocycles. The third kappa shape index (κ3) is 6.19. The molecule has 1 atom stereocenters. The smallest absolute Gasteiger partial charge is 0.307 e. The van der Waals surface area contributed by atoms with Crippen LogP contribution >= 0.6 is 0 Å². The lowest BCUT2D eigenvalue weighted by atomic mass is 9.92. The van der Waals surface area contributed by atoms with Gasteiger partial charge in [0.1, 0.15) is 6.54 Å². The van der Waals surface area contributed by atoms with Gasteiger partial charge >= 0.3 is 5.97 Å². The second-order valence-corrected chi connectivity index (χ2v) is 5.23. The summed E-state index contributed by atoms with van der Waals surface area (Å²) >= 11 is 0. The number of hydrogen-bond donors (Lipinski definition) is 2. The van der Waals surface area contributed by atoms with E-state index in [2.05, 4.69) is 0 Å². The fourth-order valence-electron chi connectivity index (χ4n) is 1.64. The number of likely N-dealkylation sites (N-methyl/N-ethyl adjacent to an activating group) is 1. The quantitative estimate of drug-likeness (QED) is 0.503. The van der Waals surface area contributed by atoms with E-state index in [-0.39, 0.29) is 6.54 Å². The average Bonchev–Trinajstić information content (AvgIpc) is 2.09. The number of ketones is 1. The first kappa shape index (κ1) is 15.8. The van der Waals surface area contributed by atoms with Crippen LogP contribution in [0.4, 0.5) is 0 Å². The second kappa shape index (κ2) is 5.93. The van der Waals surface area contributed by atoms with Gasteiger partial charge in [0.25, 0.3) is 0 Å². The van der Waals surface area contributed by atoms with Crippen molar-refractivity contribution in [1.29, 1.82) is 0 Å². The van der Waals surface area contributed by atoms with E-state index in [1.165, 1.54) is 6.08 Å². The Balaban J connectivity index is 5.02. The molecule has 0 aliphatic heterocycles. The van der Waals surface area contributed by atoms with Gasteiger partial charge in [-0.2, -0.15) is 0 Å². The molecule has 5 nitrogen and oxygen atoms in total. The van der Waals surface area contributed by atoms with Crippen LogP contribution in [0.25, 0.3) is 0 Å². The van der Waals surface area contributed by atoms with Crippen molar-refractivity contribution >= 4 is 11.8 Å². The number of carboxylic acid groups (broad SMARTS) is 1. The molecule has 0 aromatic carbocycles. The monoisotopic (exact) mass is 244 g/mol. The van der Waals surface area contributed by atoms with Crippen molar-refractivity contribution in [3.63, 3.8) is 0 Å². The number of carbonyl (C=O) groups is 2. The number of hydrogen-bond acceptors (Lipinski definition) is 3. The lowest BCUT2D eigenvalue weighted by Crippen LogP contribution is -2.54. The molecule has 5 heteroatoms. The van der Waals surface area contributed by atoms with Crippen LogP contribution in [0.5, 0.6) is 0 Å². The summed E-state index contributed by atoms with van der Waals surface area (Å²) in [6.07, 6.45) is 2.97. The third-order valence-corrected chi connectivity index (χ3v) is 2.14. The minimum atomic E-state index is -1.84. The van der Waals surface area contributed by atoms with Gasteiger partial charge in [0, 0.05) is 0 Å². The topological polar surface area (TPSA) is 74.6 Å². The van der Waals surface area contributed by atoms with Crippen molar-refractivity contribution in [3.05, 3.63) is 12.2 Å². The zero-order chi connectivity index (χ0) is 13.7. The molecule has 0 aliphatic rings. The molecule has 98 valence electrons. The minimum absolute atomic E-state index is 0.0617. The predicted molar refractivity (Wildman–Crippen MR) is 64.5 cm³/mol. The maximum Gasteiger partial charge on any atom is 0.307 e. The Morgan fingerprint density at radius 1 is 1.29 bits per heavy atom. The van der Waals surface area contributed by atoms with Gasteiger partial charge in [0.15, 0.2) is 11.4 Å². The van der Waals surface area contributed by atoms with Gasteiger partial charge in [0.05, 0.1) is 27.6 Å². The number of nitrogens with zero attached hydrogens (tertiary/aromatic N) is 1. The van der Waals surface area contributed by atoms with Gasteiger partial charge in [-0.25, -0.2) is 0 Å². The van der Waals surface area contributed by atoms with Crippen molar-refractivity contribution in [2.75, 3.05) is 27.7 Å². The average molecular weight is 244 g/mol. The van der Waals surface area contributed by atoms with E-state index in [0.717, 1.165) is 0 Å². The van der Waals surface area contributed by atoms with Crippen LogP contribution in [-0.4, -0.2) is 59.7 Å². The summed E-state index contributed by atoms with van der Waals surface area (Å²) in [6, 6.07) is 0. The molecule has 0 radical (unpaired) electrons. The van der Waals surface area contributed by atoms with Crippen LogP contribution in [0.1, 0.15) is 19.8 Å². The zero-order valence-corrected chi connectivity index (χ0v) is 10.9. The van der Waals surface area contributed by atoms with Gasteiger partial charge in [-0.1, -0.05) is 13.0 Å². The number of allylic oxidation sites excluding steroid dienone is 1. The summed E-state index contributed by atoms with van der Waals surface area (Å²) in [4.78, 5) is 22.6. The van der Waals surface area contributed by atoms with Gasteiger partial charge in [-0.05, 0) is 12.5 Å². The van der Waals surface area contributed by atoms with Crippen molar-refractivity contribution in [2.24, 2.45) is 0 Å². The summed E-state index contributed by atoms with van der Waals surface area (Å²) in [5.74, 6) is -1.73. The van der Waals surface area contributed by atoms with E-state index in [1.54, 1.807) is 27.2 Å². The van der Waals surface area contributed by atoms with E-state index in [4.69, 9.17) is 5.11 Å². The predicted octanol–water partition coefficient (Wildman–Crippen LogP) is 0.434. The standard InChI is InChI=1S/C12H21NO4/c1-5-6-7-10(14)12(17,8-11(15)16)9-13(2,3)4/h6-7,17H,5,8-9H2,1-4H3/p+1/t12-/m1/s1. The summed E-state index contributed by atoms with van der Waals surface area (Å²) in [5, 5.41) is 19.0. The Morgan fingerprint density at radius 3 is 2.18 bits per heavy atom. The van der Waals surface area contributed by atoms with Gasteiger partial charge in [0.2, 0.25) is 0 Å². The first-order valence-electron chi connectivity index (χ1n) is 5.56. The molecule has 0 rings (SSSR count). The fraction of sp³-hybridized carbons (Fsp3) is 0.667.